The average molecular weight is 643 g/mol. The van der Waals surface area contributed by atoms with Crippen LogP contribution in [0.4, 0.5) is 0 Å². The molecule has 11 heteroatoms. The van der Waals surface area contributed by atoms with Gasteiger partial charge in [0.25, 0.3) is 0 Å². The highest BCUT2D eigenvalue weighted by Gasteiger charge is 2.28. The van der Waals surface area contributed by atoms with Crippen molar-refractivity contribution >= 4 is 37.4 Å². The summed E-state index contributed by atoms with van der Waals surface area (Å²) >= 11 is 0.999. The summed E-state index contributed by atoms with van der Waals surface area (Å²) < 4.78 is 56.2. The van der Waals surface area contributed by atoms with Crippen molar-refractivity contribution in [3.05, 3.63) is 71.8 Å². The largest absolute Gasteiger partial charge is 0.460 e. The molecule has 1 aromatic heterocycles. The van der Waals surface area contributed by atoms with Crippen molar-refractivity contribution in [3.8, 4) is 28.5 Å². The number of unbranched alkanes of at least 4 members (excludes halogenated alkanes) is 2. The molecule has 0 atom stereocenters. The van der Waals surface area contributed by atoms with Gasteiger partial charge in [0.2, 0.25) is 0 Å². The number of nitriles is 1. The van der Waals surface area contributed by atoms with Crippen LogP contribution in [0.5, 0.6) is 0 Å². The molecule has 43 heavy (non-hydrogen) atoms. The van der Waals surface area contributed by atoms with Crippen LogP contribution in [0.2, 0.25) is 0 Å². The predicted molar refractivity (Wildman–Crippen MR) is 172 cm³/mol. The number of sulfone groups is 2. The number of pyridine rings is 1. The quantitative estimate of drug-likeness (QED) is 0.136. The minimum Gasteiger partial charge on any atom is -0.460 e. The summed E-state index contributed by atoms with van der Waals surface area (Å²) in [6, 6.07) is 21.3. The van der Waals surface area contributed by atoms with Gasteiger partial charge in [-0.3, -0.25) is 4.79 Å². The third-order valence-electron chi connectivity index (χ3n) is 6.65. The summed E-state index contributed by atoms with van der Waals surface area (Å²) in [7, 11) is -7.28. The first-order valence-corrected chi connectivity index (χ1v) is 18.9. The first-order chi connectivity index (χ1) is 20.5. The molecule has 2 aromatic carbocycles. The van der Waals surface area contributed by atoms with Crippen LogP contribution < -0.4 is 0 Å². The van der Waals surface area contributed by atoms with E-state index in [9.17, 15) is 26.9 Å². The Kier molecular flexibility index (Phi) is 12.8. The maximum absolute atomic E-state index is 13.0. The number of thioether (sulfide) groups is 1. The van der Waals surface area contributed by atoms with E-state index in [1.165, 1.54) is 0 Å². The van der Waals surface area contributed by atoms with E-state index >= 15 is 0 Å². The van der Waals surface area contributed by atoms with E-state index in [2.05, 4.69) is 6.07 Å². The third-order valence-corrected chi connectivity index (χ3v) is 11.2. The van der Waals surface area contributed by atoms with Crippen LogP contribution in [0.25, 0.3) is 22.4 Å². The van der Waals surface area contributed by atoms with Gasteiger partial charge in [-0.15, -0.1) is 0 Å². The molecule has 0 amide bonds. The zero-order valence-electron chi connectivity index (χ0n) is 24.8. The summed E-state index contributed by atoms with van der Waals surface area (Å²) in [4.78, 5) is 17.7. The summed E-state index contributed by atoms with van der Waals surface area (Å²) in [6.45, 7) is 5.70. The Bertz CT molecular complexity index is 1590. The third kappa shape index (κ3) is 10.8. The number of hydrogen-bond acceptors (Lipinski definition) is 9. The molecule has 0 aliphatic rings. The summed E-state index contributed by atoms with van der Waals surface area (Å²) in [5.41, 5.74) is 4.31. The molecule has 0 spiro atoms. The van der Waals surface area contributed by atoms with Crippen LogP contribution in [-0.4, -0.2) is 62.7 Å². The molecule has 3 aromatic rings. The van der Waals surface area contributed by atoms with E-state index in [4.69, 9.17) is 9.72 Å². The van der Waals surface area contributed by atoms with Crippen molar-refractivity contribution in [1.82, 2.24) is 4.98 Å². The van der Waals surface area contributed by atoms with Gasteiger partial charge in [0.05, 0.1) is 40.0 Å². The number of esters is 1. The number of ether oxygens (including phenoxy) is 1. The maximum atomic E-state index is 13.0. The van der Waals surface area contributed by atoms with Gasteiger partial charge in [-0.1, -0.05) is 98.6 Å². The predicted octanol–water partition coefficient (Wildman–Crippen LogP) is 6.03. The topological polar surface area (TPSA) is 131 Å². The molecule has 0 aliphatic carbocycles. The molecule has 0 fully saturated rings. The van der Waals surface area contributed by atoms with Crippen LogP contribution in [0.15, 0.2) is 65.7 Å². The maximum Gasteiger partial charge on any atom is 0.316 e. The van der Waals surface area contributed by atoms with Crippen molar-refractivity contribution in [1.29, 1.82) is 5.26 Å². The average Bonchev–Trinajstić information content (AvgIpc) is 2.98. The number of carbonyl (C=O) groups excluding carboxylic acids is 1. The first-order valence-electron chi connectivity index (χ1n) is 14.3. The Labute approximate surface area is 259 Å². The van der Waals surface area contributed by atoms with Crippen LogP contribution in [0.3, 0.4) is 0 Å². The van der Waals surface area contributed by atoms with Crippen LogP contribution in [0, 0.1) is 18.3 Å². The number of nitrogens with zero attached hydrogens (tertiary/aromatic N) is 2. The van der Waals surface area contributed by atoms with E-state index in [-0.39, 0.29) is 17.3 Å². The fraction of sp³-hybridized carbons (Fsp3) is 0.406. The van der Waals surface area contributed by atoms with Crippen molar-refractivity contribution < 1.29 is 26.4 Å². The molecular formula is C32H38N2O6S3. The molecule has 8 nitrogen and oxygen atoms in total. The van der Waals surface area contributed by atoms with Gasteiger partial charge in [0, 0.05) is 11.1 Å². The Balaban J connectivity index is 1.89. The van der Waals surface area contributed by atoms with Gasteiger partial charge in [-0.25, -0.2) is 21.8 Å². The Hall–Kier alpha value is -3.20. The van der Waals surface area contributed by atoms with Crippen LogP contribution in [-0.2, 0) is 29.2 Å². The van der Waals surface area contributed by atoms with Crippen LogP contribution >= 0.6 is 11.8 Å². The molecule has 1 heterocycles. The molecule has 0 aliphatic heterocycles. The van der Waals surface area contributed by atoms with Crippen molar-refractivity contribution in [3.63, 3.8) is 0 Å². The SMILES string of the molecule is CCCCS(=O)(=O)CC(CS(=O)(=O)CCCC)OC(=O)CSc1nc(-c2ccc(C)cc2)cc(-c2ccccc2)c1C#N. The van der Waals surface area contributed by atoms with Crippen molar-refractivity contribution in [2.75, 3.05) is 28.8 Å². The van der Waals surface area contributed by atoms with E-state index in [1.54, 1.807) is 0 Å². The second kappa shape index (κ2) is 16.0. The fourth-order valence-electron chi connectivity index (χ4n) is 4.38. The monoisotopic (exact) mass is 642 g/mol. The van der Waals surface area contributed by atoms with Gasteiger partial charge in [-0.2, -0.15) is 5.26 Å². The molecule has 0 unspecified atom stereocenters. The smallest absolute Gasteiger partial charge is 0.316 e. The van der Waals surface area contributed by atoms with Gasteiger partial charge < -0.3 is 4.74 Å². The lowest BCUT2D eigenvalue weighted by molar-refractivity contribution is -0.143. The molecule has 0 saturated carbocycles. The number of benzene rings is 2. The second-order valence-corrected chi connectivity index (χ2v) is 15.8. The highest BCUT2D eigenvalue weighted by atomic mass is 32.2. The number of aryl methyl sites for hydroxylation is 1. The number of aromatic nitrogens is 1. The first kappa shape index (κ1) is 34.3. The van der Waals surface area contributed by atoms with E-state index < -0.39 is 43.3 Å². The second-order valence-electron chi connectivity index (χ2n) is 10.4. The summed E-state index contributed by atoms with van der Waals surface area (Å²) in [5.74, 6) is -2.39. The lowest BCUT2D eigenvalue weighted by Gasteiger charge is -2.18. The minimum absolute atomic E-state index is 0.106. The van der Waals surface area contributed by atoms with Gasteiger partial charge in [0.1, 0.15) is 17.2 Å². The summed E-state index contributed by atoms with van der Waals surface area (Å²) in [5, 5.41) is 10.4. The Morgan fingerprint density at radius 2 is 1.49 bits per heavy atom. The molecular weight excluding hydrogens is 605 g/mol. The van der Waals surface area contributed by atoms with E-state index in [0.717, 1.165) is 28.5 Å². The van der Waals surface area contributed by atoms with Crippen molar-refractivity contribution in [2.24, 2.45) is 0 Å². The molecule has 0 N–H and O–H groups in total. The fourth-order valence-corrected chi connectivity index (χ4v) is 8.61. The number of hydrogen-bond donors (Lipinski definition) is 0. The number of carbonyl (C=O) groups is 1. The molecule has 230 valence electrons. The highest BCUT2D eigenvalue weighted by molar-refractivity contribution is 8.00. The van der Waals surface area contributed by atoms with Gasteiger partial charge in [0.15, 0.2) is 19.7 Å². The Morgan fingerprint density at radius 1 is 0.907 bits per heavy atom. The molecule has 0 saturated heterocycles. The van der Waals surface area contributed by atoms with E-state index in [1.807, 2.05) is 81.4 Å². The molecule has 0 bridgehead atoms. The zero-order valence-corrected chi connectivity index (χ0v) is 27.2. The Morgan fingerprint density at radius 3 is 2.02 bits per heavy atom. The standard InChI is InChI=1S/C32H38N2O6S3/c1-4-6-17-42(36,37)22-27(23-43(38,39)18-7-5-2)40-31(35)21-41-32-29(20-33)28(25-11-9-8-10-12-25)19-30(34-32)26-15-13-24(3)14-16-26/h8-16,19,27H,4-7,17-18,21-23H2,1-3H3. The normalized spacial score (nSPS) is 11.8. The molecule has 0 radical (unpaired) electrons. The van der Waals surface area contributed by atoms with Crippen molar-refractivity contribution in [2.45, 2.75) is 57.6 Å². The minimum atomic E-state index is -3.64. The van der Waals surface area contributed by atoms with Crippen LogP contribution in [0.1, 0.15) is 50.7 Å². The van der Waals surface area contributed by atoms with Gasteiger partial charge in [-0.05, 0) is 31.4 Å². The van der Waals surface area contributed by atoms with Gasteiger partial charge >= 0.3 is 5.97 Å². The molecule has 3 rings (SSSR count). The zero-order chi connectivity index (χ0) is 31.5. The van der Waals surface area contributed by atoms with E-state index in [0.29, 0.717) is 47.5 Å². The number of rotatable bonds is 16. The lowest BCUT2D eigenvalue weighted by Crippen LogP contribution is -2.35. The lowest BCUT2D eigenvalue weighted by atomic mass is 9.99. The summed E-state index contributed by atoms with van der Waals surface area (Å²) in [6.07, 6.45) is 0.876. The highest BCUT2D eigenvalue weighted by Crippen LogP contribution is 2.34.